The van der Waals surface area contributed by atoms with E-state index in [1.165, 1.54) is 0 Å². The van der Waals surface area contributed by atoms with E-state index in [1.807, 2.05) is 36.4 Å². The summed E-state index contributed by atoms with van der Waals surface area (Å²) in [6, 6.07) is 17.7. The molecule has 4 aromatic rings. The van der Waals surface area contributed by atoms with Crippen LogP contribution >= 0.6 is 0 Å². The molecule has 1 aliphatic rings. The lowest BCUT2D eigenvalue weighted by Crippen LogP contribution is -2.47. The molecule has 31 heavy (non-hydrogen) atoms. The maximum absolute atomic E-state index is 12.1. The SMILES string of the molecule is CCc1ccc2c(CN3CCN(c4nnnn4-c4ccccc4)CC3)cc(=O)oc2c1. The molecule has 158 valence electrons. The van der Waals surface area contributed by atoms with Crippen LogP contribution in [0.3, 0.4) is 0 Å². The quantitative estimate of drug-likeness (QED) is 0.463. The molecule has 1 fully saturated rings. The molecule has 5 rings (SSSR count). The smallest absolute Gasteiger partial charge is 0.336 e. The Hall–Kier alpha value is -3.52. The lowest BCUT2D eigenvalue weighted by Gasteiger charge is -2.34. The number of benzene rings is 2. The number of aromatic nitrogens is 4. The van der Waals surface area contributed by atoms with Gasteiger partial charge in [0.05, 0.1) is 5.69 Å². The standard InChI is InChI=1S/C23H24N6O2/c1-2-17-8-9-20-18(15-22(30)31-21(20)14-17)16-27-10-12-28(13-11-27)23-24-25-26-29(23)19-6-4-3-5-7-19/h3-9,14-15H,2,10-13,16H2,1H3. The largest absolute Gasteiger partial charge is 0.423 e. The molecule has 1 saturated heterocycles. The fourth-order valence-corrected chi connectivity index (χ4v) is 4.09. The number of para-hydroxylation sites is 1. The molecule has 8 heteroatoms. The lowest BCUT2D eigenvalue weighted by molar-refractivity contribution is 0.248. The van der Waals surface area contributed by atoms with E-state index in [2.05, 4.69) is 44.4 Å². The summed E-state index contributed by atoms with van der Waals surface area (Å²) >= 11 is 0. The molecule has 0 bridgehead atoms. The van der Waals surface area contributed by atoms with E-state index in [0.717, 1.165) is 60.7 Å². The molecule has 0 saturated carbocycles. The van der Waals surface area contributed by atoms with E-state index >= 15 is 0 Å². The summed E-state index contributed by atoms with van der Waals surface area (Å²) in [4.78, 5) is 16.7. The monoisotopic (exact) mass is 416 g/mol. The van der Waals surface area contributed by atoms with Crippen LogP contribution in [0.15, 0.2) is 63.8 Å². The summed E-state index contributed by atoms with van der Waals surface area (Å²) in [7, 11) is 0. The summed E-state index contributed by atoms with van der Waals surface area (Å²) in [5.74, 6) is 0.753. The topological polar surface area (TPSA) is 80.3 Å². The van der Waals surface area contributed by atoms with Crippen molar-refractivity contribution in [3.8, 4) is 5.69 Å². The zero-order valence-corrected chi connectivity index (χ0v) is 17.4. The Morgan fingerprint density at radius 2 is 1.81 bits per heavy atom. The third kappa shape index (κ3) is 3.94. The lowest BCUT2D eigenvalue weighted by atomic mass is 10.1. The van der Waals surface area contributed by atoms with E-state index in [1.54, 1.807) is 10.7 Å². The van der Waals surface area contributed by atoms with E-state index in [-0.39, 0.29) is 5.63 Å². The van der Waals surface area contributed by atoms with Gasteiger partial charge in [0.25, 0.3) is 0 Å². The van der Waals surface area contributed by atoms with Crippen molar-refractivity contribution in [2.75, 3.05) is 31.1 Å². The molecule has 0 amide bonds. The van der Waals surface area contributed by atoms with Crippen LogP contribution in [-0.2, 0) is 13.0 Å². The number of tetrazole rings is 1. The minimum atomic E-state index is -0.295. The third-order valence-corrected chi connectivity index (χ3v) is 5.81. The van der Waals surface area contributed by atoms with Gasteiger partial charge in [0.1, 0.15) is 5.58 Å². The Morgan fingerprint density at radius 3 is 2.58 bits per heavy atom. The molecule has 1 aliphatic heterocycles. The Labute approximate surface area is 179 Å². The van der Waals surface area contributed by atoms with Crippen molar-refractivity contribution in [3.05, 3.63) is 76.1 Å². The van der Waals surface area contributed by atoms with E-state index in [4.69, 9.17) is 4.42 Å². The van der Waals surface area contributed by atoms with E-state index in [0.29, 0.717) is 12.1 Å². The van der Waals surface area contributed by atoms with Gasteiger partial charge >= 0.3 is 5.63 Å². The summed E-state index contributed by atoms with van der Waals surface area (Å²) in [6.07, 6.45) is 0.911. The summed E-state index contributed by atoms with van der Waals surface area (Å²) in [6.45, 7) is 6.15. The van der Waals surface area contributed by atoms with Crippen molar-refractivity contribution in [2.24, 2.45) is 0 Å². The number of hydrogen-bond acceptors (Lipinski definition) is 7. The van der Waals surface area contributed by atoms with E-state index < -0.39 is 0 Å². The van der Waals surface area contributed by atoms with Gasteiger partial charge in [-0.15, -0.1) is 0 Å². The van der Waals surface area contributed by atoms with Crippen molar-refractivity contribution in [1.82, 2.24) is 25.1 Å². The fourth-order valence-electron chi connectivity index (χ4n) is 4.09. The highest BCUT2D eigenvalue weighted by atomic mass is 16.4. The molecule has 0 atom stereocenters. The van der Waals surface area contributed by atoms with Crippen molar-refractivity contribution in [3.63, 3.8) is 0 Å². The molecule has 0 N–H and O–H groups in total. The van der Waals surface area contributed by atoms with Crippen LogP contribution in [0, 0.1) is 0 Å². The number of fused-ring (bicyclic) bond motifs is 1. The maximum atomic E-state index is 12.1. The molecule has 8 nitrogen and oxygen atoms in total. The molecular weight excluding hydrogens is 392 g/mol. The average Bonchev–Trinajstić information content (AvgIpc) is 3.29. The zero-order valence-electron chi connectivity index (χ0n) is 17.4. The number of hydrogen-bond donors (Lipinski definition) is 0. The highest BCUT2D eigenvalue weighted by Gasteiger charge is 2.23. The predicted molar refractivity (Wildman–Crippen MR) is 119 cm³/mol. The second-order valence-electron chi connectivity index (χ2n) is 7.76. The van der Waals surface area contributed by atoms with Crippen molar-refractivity contribution < 1.29 is 4.42 Å². The van der Waals surface area contributed by atoms with Crippen molar-refractivity contribution >= 4 is 16.9 Å². The van der Waals surface area contributed by atoms with Gasteiger partial charge in [-0.1, -0.05) is 42.4 Å². The van der Waals surface area contributed by atoms with Crippen LogP contribution in [0.25, 0.3) is 16.7 Å². The summed E-state index contributed by atoms with van der Waals surface area (Å²) in [5, 5.41) is 13.3. The van der Waals surface area contributed by atoms with Crippen LogP contribution < -0.4 is 10.5 Å². The first kappa shape index (κ1) is 19.4. The predicted octanol–water partition coefficient (Wildman–Crippen LogP) is 2.65. The van der Waals surface area contributed by atoms with Gasteiger partial charge < -0.3 is 9.32 Å². The second kappa shape index (κ2) is 8.31. The fraction of sp³-hybridized carbons (Fsp3) is 0.304. The molecular formula is C23H24N6O2. The normalized spacial score (nSPS) is 14.9. The Bertz CT molecular complexity index is 1240. The van der Waals surface area contributed by atoms with Gasteiger partial charge in [-0.3, -0.25) is 4.90 Å². The highest BCUT2D eigenvalue weighted by molar-refractivity contribution is 5.80. The van der Waals surface area contributed by atoms with Crippen molar-refractivity contribution in [2.45, 2.75) is 19.9 Å². The molecule has 0 aliphatic carbocycles. The van der Waals surface area contributed by atoms with Crippen LogP contribution in [0.4, 0.5) is 5.95 Å². The molecule has 0 radical (unpaired) electrons. The third-order valence-electron chi connectivity index (χ3n) is 5.81. The molecule has 2 aromatic carbocycles. The number of aryl methyl sites for hydroxylation is 1. The Balaban J connectivity index is 1.31. The second-order valence-corrected chi connectivity index (χ2v) is 7.76. The molecule has 0 unspecified atom stereocenters. The molecule has 3 heterocycles. The van der Waals surface area contributed by atoms with Crippen LogP contribution in [0.2, 0.25) is 0 Å². The van der Waals surface area contributed by atoms with Gasteiger partial charge in [0.15, 0.2) is 0 Å². The number of anilines is 1. The van der Waals surface area contributed by atoms with Crippen LogP contribution in [-0.4, -0.2) is 51.3 Å². The Morgan fingerprint density at radius 1 is 1.00 bits per heavy atom. The minimum Gasteiger partial charge on any atom is -0.423 e. The average molecular weight is 416 g/mol. The molecule has 2 aromatic heterocycles. The maximum Gasteiger partial charge on any atom is 0.336 e. The first-order valence-corrected chi connectivity index (χ1v) is 10.6. The summed E-state index contributed by atoms with van der Waals surface area (Å²) < 4.78 is 7.22. The van der Waals surface area contributed by atoms with Gasteiger partial charge in [-0.25, -0.2) is 4.79 Å². The zero-order chi connectivity index (χ0) is 21.2. The summed E-state index contributed by atoms with van der Waals surface area (Å²) in [5.41, 5.74) is 3.49. The highest BCUT2D eigenvalue weighted by Crippen LogP contribution is 2.22. The van der Waals surface area contributed by atoms with E-state index in [9.17, 15) is 4.79 Å². The number of rotatable bonds is 5. The number of nitrogens with zero attached hydrogens (tertiary/aromatic N) is 6. The van der Waals surface area contributed by atoms with Crippen LogP contribution in [0.1, 0.15) is 18.1 Å². The first-order valence-electron chi connectivity index (χ1n) is 10.6. The number of piperazine rings is 1. The Kier molecular flexibility index (Phi) is 5.21. The molecule has 0 spiro atoms. The van der Waals surface area contributed by atoms with Gasteiger partial charge in [0, 0.05) is 44.2 Å². The van der Waals surface area contributed by atoms with Crippen LogP contribution in [0.5, 0.6) is 0 Å². The van der Waals surface area contributed by atoms with Gasteiger partial charge in [0.2, 0.25) is 5.95 Å². The van der Waals surface area contributed by atoms with Crippen molar-refractivity contribution in [1.29, 1.82) is 0 Å². The van der Waals surface area contributed by atoms with Gasteiger partial charge in [-0.05, 0) is 46.2 Å². The van der Waals surface area contributed by atoms with Gasteiger partial charge in [-0.2, -0.15) is 4.68 Å². The minimum absolute atomic E-state index is 0.295. The first-order chi connectivity index (χ1) is 15.2.